The van der Waals surface area contributed by atoms with Crippen molar-refractivity contribution in [3.63, 3.8) is 0 Å². The fourth-order valence-electron chi connectivity index (χ4n) is 3.70. The molecule has 0 bridgehead atoms. The van der Waals surface area contributed by atoms with Crippen LogP contribution in [0.25, 0.3) is 0 Å². The van der Waals surface area contributed by atoms with E-state index in [1.165, 1.54) is 66.7 Å². The van der Waals surface area contributed by atoms with Gasteiger partial charge in [0, 0.05) is 42.5 Å². The zero-order chi connectivity index (χ0) is 17.1. The highest BCUT2D eigenvalue weighted by molar-refractivity contribution is 7.99. The molecule has 0 aliphatic carbocycles. The first kappa shape index (κ1) is 17.0. The third-order valence-corrected chi connectivity index (χ3v) is 6.36. The van der Waals surface area contributed by atoms with E-state index in [9.17, 15) is 0 Å². The van der Waals surface area contributed by atoms with Gasteiger partial charge >= 0.3 is 0 Å². The fourth-order valence-corrected chi connectivity index (χ4v) is 4.79. The number of fused-ring (bicyclic) bond motifs is 2. The van der Waals surface area contributed by atoms with Gasteiger partial charge in [-0.3, -0.25) is 0 Å². The molecule has 2 aliphatic heterocycles. The molecule has 0 unspecified atom stereocenters. The molecule has 0 radical (unpaired) electrons. The summed E-state index contributed by atoms with van der Waals surface area (Å²) in [6.07, 6.45) is 2.51. The van der Waals surface area contributed by atoms with Crippen LogP contribution in [-0.2, 0) is 0 Å². The van der Waals surface area contributed by atoms with Crippen LogP contribution in [0.3, 0.4) is 0 Å². The Morgan fingerprint density at radius 1 is 0.760 bits per heavy atom. The minimum atomic E-state index is 1.10. The zero-order valence-electron chi connectivity index (χ0n) is 15.0. The van der Waals surface area contributed by atoms with Crippen LogP contribution < -0.4 is 4.90 Å². The molecule has 1 fully saturated rings. The first-order valence-corrected chi connectivity index (χ1v) is 10.2. The number of rotatable bonds is 5. The van der Waals surface area contributed by atoms with E-state index in [4.69, 9.17) is 0 Å². The molecule has 25 heavy (non-hydrogen) atoms. The Balaban J connectivity index is 1.39. The number of anilines is 2. The Bertz CT molecular complexity index is 664. The van der Waals surface area contributed by atoms with Crippen LogP contribution in [0.5, 0.6) is 0 Å². The quantitative estimate of drug-likeness (QED) is 0.740. The number of nitrogens with zero attached hydrogens (tertiary/aromatic N) is 3. The van der Waals surface area contributed by atoms with Crippen molar-refractivity contribution < 1.29 is 0 Å². The standard InChI is InChI=1S/C21H27N3S/c1-22-14-16-23(17-15-22)12-6-7-13-24-18-8-2-4-10-20(18)25-21-11-5-3-9-19(21)24/h2-5,8-11H,6-7,12-17H2,1H3. The summed E-state index contributed by atoms with van der Waals surface area (Å²) >= 11 is 1.89. The van der Waals surface area contributed by atoms with Crippen molar-refractivity contribution in [1.29, 1.82) is 0 Å². The maximum atomic E-state index is 2.62. The first-order valence-electron chi connectivity index (χ1n) is 9.35. The lowest BCUT2D eigenvalue weighted by molar-refractivity contribution is 0.152. The molecule has 0 N–H and O–H groups in total. The number of benzene rings is 2. The highest BCUT2D eigenvalue weighted by Crippen LogP contribution is 2.47. The average Bonchev–Trinajstić information content (AvgIpc) is 2.66. The Kier molecular flexibility index (Phi) is 5.30. The van der Waals surface area contributed by atoms with Crippen molar-refractivity contribution in [2.45, 2.75) is 22.6 Å². The van der Waals surface area contributed by atoms with Crippen LogP contribution in [0.15, 0.2) is 58.3 Å². The number of unbranched alkanes of at least 4 members (excludes halogenated alkanes) is 1. The van der Waals surface area contributed by atoms with E-state index in [2.05, 4.69) is 70.3 Å². The van der Waals surface area contributed by atoms with E-state index in [0.29, 0.717) is 0 Å². The number of hydrogen-bond donors (Lipinski definition) is 0. The van der Waals surface area contributed by atoms with Gasteiger partial charge in [0.15, 0.2) is 0 Å². The summed E-state index contributed by atoms with van der Waals surface area (Å²) in [5.41, 5.74) is 2.73. The summed E-state index contributed by atoms with van der Waals surface area (Å²) in [6.45, 7) is 7.21. The molecule has 1 saturated heterocycles. The third kappa shape index (κ3) is 3.86. The van der Waals surface area contributed by atoms with Gasteiger partial charge in [-0.1, -0.05) is 36.0 Å². The molecule has 4 rings (SSSR count). The van der Waals surface area contributed by atoms with E-state index < -0.39 is 0 Å². The van der Waals surface area contributed by atoms with Crippen LogP contribution in [0.2, 0.25) is 0 Å². The fraction of sp³-hybridized carbons (Fsp3) is 0.429. The molecule has 2 aromatic carbocycles. The molecular weight excluding hydrogens is 326 g/mol. The van der Waals surface area contributed by atoms with Gasteiger partial charge in [0.25, 0.3) is 0 Å². The first-order chi connectivity index (χ1) is 12.3. The minimum Gasteiger partial charge on any atom is -0.340 e. The number of para-hydroxylation sites is 2. The van der Waals surface area contributed by atoms with Gasteiger partial charge in [0.2, 0.25) is 0 Å². The molecule has 0 atom stereocenters. The van der Waals surface area contributed by atoms with E-state index in [1.807, 2.05) is 11.8 Å². The summed E-state index contributed by atoms with van der Waals surface area (Å²) in [7, 11) is 2.22. The van der Waals surface area contributed by atoms with Crippen molar-refractivity contribution in [3.8, 4) is 0 Å². The number of piperazine rings is 1. The number of likely N-dealkylation sites (N-methyl/N-ethyl adjacent to an activating group) is 1. The van der Waals surface area contributed by atoms with E-state index in [1.54, 1.807) is 0 Å². The topological polar surface area (TPSA) is 9.72 Å². The number of hydrogen-bond acceptors (Lipinski definition) is 4. The van der Waals surface area contributed by atoms with E-state index in [-0.39, 0.29) is 0 Å². The summed E-state index contributed by atoms with van der Waals surface area (Å²) in [5.74, 6) is 0. The van der Waals surface area contributed by atoms with Gasteiger partial charge in [-0.25, -0.2) is 0 Å². The second-order valence-corrected chi connectivity index (χ2v) is 8.12. The Morgan fingerprint density at radius 2 is 1.32 bits per heavy atom. The highest BCUT2D eigenvalue weighted by atomic mass is 32.2. The highest BCUT2D eigenvalue weighted by Gasteiger charge is 2.22. The molecule has 132 valence electrons. The van der Waals surface area contributed by atoms with Gasteiger partial charge in [0.05, 0.1) is 11.4 Å². The van der Waals surface area contributed by atoms with Crippen molar-refractivity contribution in [3.05, 3.63) is 48.5 Å². The summed E-state index contributed by atoms with van der Waals surface area (Å²) in [5, 5.41) is 0. The average molecular weight is 354 g/mol. The van der Waals surface area contributed by atoms with Crippen LogP contribution in [0.1, 0.15) is 12.8 Å². The van der Waals surface area contributed by atoms with Crippen LogP contribution in [0, 0.1) is 0 Å². The molecule has 3 nitrogen and oxygen atoms in total. The minimum absolute atomic E-state index is 1.10. The maximum Gasteiger partial charge on any atom is 0.0552 e. The molecule has 0 spiro atoms. The molecule has 2 aliphatic rings. The predicted octanol–water partition coefficient (Wildman–Crippen LogP) is 4.32. The van der Waals surface area contributed by atoms with Gasteiger partial charge in [0.1, 0.15) is 0 Å². The molecule has 0 aromatic heterocycles. The maximum absolute atomic E-state index is 2.62. The molecule has 2 heterocycles. The second kappa shape index (κ2) is 7.81. The van der Waals surface area contributed by atoms with Crippen LogP contribution >= 0.6 is 11.8 Å². The normalized spacial score (nSPS) is 18.0. The van der Waals surface area contributed by atoms with Crippen LogP contribution in [-0.4, -0.2) is 56.1 Å². The van der Waals surface area contributed by atoms with E-state index in [0.717, 1.165) is 6.54 Å². The molecule has 0 saturated carbocycles. The lowest BCUT2D eigenvalue weighted by Gasteiger charge is -2.34. The van der Waals surface area contributed by atoms with Crippen molar-refractivity contribution in [2.24, 2.45) is 0 Å². The second-order valence-electron chi connectivity index (χ2n) is 7.04. The summed E-state index contributed by atoms with van der Waals surface area (Å²) in [6, 6.07) is 17.6. The van der Waals surface area contributed by atoms with Crippen molar-refractivity contribution >= 4 is 23.1 Å². The lowest BCUT2D eigenvalue weighted by atomic mass is 10.2. The predicted molar refractivity (Wildman–Crippen MR) is 107 cm³/mol. The van der Waals surface area contributed by atoms with Crippen molar-refractivity contribution in [2.75, 3.05) is 51.2 Å². The SMILES string of the molecule is CN1CCN(CCCCN2c3ccccc3Sc3ccccc32)CC1. The zero-order valence-corrected chi connectivity index (χ0v) is 15.8. The smallest absolute Gasteiger partial charge is 0.0552 e. The Hall–Kier alpha value is -1.49. The lowest BCUT2D eigenvalue weighted by Crippen LogP contribution is -2.44. The van der Waals surface area contributed by atoms with Crippen molar-refractivity contribution in [1.82, 2.24) is 9.80 Å². The summed E-state index contributed by atoms with van der Waals surface area (Å²) in [4.78, 5) is 10.3. The molecule has 2 aromatic rings. The van der Waals surface area contributed by atoms with Crippen LogP contribution in [0.4, 0.5) is 11.4 Å². The van der Waals surface area contributed by atoms with Gasteiger partial charge < -0.3 is 14.7 Å². The third-order valence-electron chi connectivity index (χ3n) is 5.23. The monoisotopic (exact) mass is 353 g/mol. The molecule has 0 amide bonds. The van der Waals surface area contributed by atoms with Gasteiger partial charge in [-0.2, -0.15) is 0 Å². The molecular formula is C21H27N3S. The van der Waals surface area contributed by atoms with Gasteiger partial charge in [-0.05, 0) is 50.7 Å². The van der Waals surface area contributed by atoms with Gasteiger partial charge in [-0.15, -0.1) is 0 Å². The summed E-state index contributed by atoms with van der Waals surface area (Å²) < 4.78 is 0. The Morgan fingerprint density at radius 3 is 1.96 bits per heavy atom. The Labute approximate surface area is 155 Å². The molecule has 4 heteroatoms. The van der Waals surface area contributed by atoms with E-state index >= 15 is 0 Å². The largest absolute Gasteiger partial charge is 0.340 e.